The van der Waals surface area contributed by atoms with E-state index in [1.54, 1.807) is 4.57 Å². The highest BCUT2D eigenvalue weighted by molar-refractivity contribution is 8.00. The number of rotatable bonds is 2. The minimum Gasteiger partial charge on any atom is -0.389 e. The summed E-state index contributed by atoms with van der Waals surface area (Å²) in [5.74, 6) is -0.422. The van der Waals surface area contributed by atoms with Gasteiger partial charge in [-0.2, -0.15) is 4.98 Å². The highest BCUT2D eigenvalue weighted by Crippen LogP contribution is 2.66. The van der Waals surface area contributed by atoms with Crippen molar-refractivity contribution in [1.82, 2.24) is 39.0 Å². The number of hydrogen-bond acceptors (Lipinski definition) is 17. The Labute approximate surface area is 262 Å². The third-order valence-corrected chi connectivity index (χ3v) is 12.7. The van der Waals surface area contributed by atoms with Gasteiger partial charge in [-0.25, -0.2) is 24.5 Å². The monoisotopic (exact) mass is 698 g/mol. The highest BCUT2D eigenvalue weighted by atomic mass is 32.2. The van der Waals surface area contributed by atoms with E-state index in [1.807, 2.05) is 0 Å². The lowest BCUT2D eigenvalue weighted by atomic mass is 9.60. The number of imidazole rings is 2. The minimum atomic E-state index is -4.92. The van der Waals surface area contributed by atoms with Crippen molar-refractivity contribution in [1.29, 1.82) is 0 Å². The third-order valence-electron chi connectivity index (χ3n) is 9.38. The Kier molecular flexibility index (Phi) is 7.11. The van der Waals surface area contributed by atoms with Gasteiger partial charge in [0.05, 0.1) is 43.3 Å². The number of aromatic amines is 1. The van der Waals surface area contributed by atoms with Crippen LogP contribution in [0, 0.1) is 11.3 Å². The van der Waals surface area contributed by atoms with E-state index in [1.165, 1.54) is 23.5 Å². The molecule has 8 N–H and O–H groups in total. The molecule has 4 aliphatic rings. The number of hydrogen-bond donors (Lipinski definition) is 6. The molecule has 0 aromatic carbocycles. The Morgan fingerprint density at radius 2 is 1.89 bits per heavy atom. The van der Waals surface area contributed by atoms with Gasteiger partial charge in [0.25, 0.3) is 5.56 Å². The van der Waals surface area contributed by atoms with Gasteiger partial charge in [-0.1, -0.05) is 0 Å². The number of nitrogens with one attached hydrogen (secondary N) is 1. The molecule has 2 saturated heterocycles. The number of fused-ring (bicyclic) bond motifs is 4. The zero-order valence-electron chi connectivity index (χ0n) is 23.5. The van der Waals surface area contributed by atoms with Crippen LogP contribution >= 0.6 is 27.8 Å². The Morgan fingerprint density at radius 1 is 1.11 bits per heavy atom. The lowest BCUT2D eigenvalue weighted by Gasteiger charge is -2.48. The summed E-state index contributed by atoms with van der Waals surface area (Å²) in [4.78, 5) is 46.5. The van der Waals surface area contributed by atoms with E-state index in [4.69, 9.17) is 29.6 Å². The predicted octanol–water partition coefficient (Wildman–Crippen LogP) is -0.282. The van der Waals surface area contributed by atoms with E-state index in [9.17, 15) is 29.0 Å². The van der Waals surface area contributed by atoms with E-state index in [2.05, 4.69) is 29.9 Å². The standard InChI is InChI=1S/C23H28N10O10P2S/c24-17-10-18(27-5-26-17)32(6-28-10)12-8-1-2-23(8)4-41-45(38,39)43-15-13(34)9(3-40-44(37)42-16(23)14(12)35)46-21(15)33-7-29-11-19(33)30-22(25)31-20(11)36/h5-9,12-16,21,34-35,44H,1-4H2,(H,38,39)(H2,24,26,27)(H3,25,30,31,36)/t8-,9-,12-,13-,14+,15-,16+,21-,23?/m1/s1. The largest absolute Gasteiger partial charge is 0.472 e. The summed E-state index contributed by atoms with van der Waals surface area (Å²) in [5.41, 5.74) is 10.7. The highest BCUT2D eigenvalue weighted by Gasteiger charge is 2.67. The van der Waals surface area contributed by atoms with Crippen molar-refractivity contribution in [3.8, 4) is 0 Å². The molecule has 246 valence electrons. The molecule has 2 aliphatic carbocycles. The van der Waals surface area contributed by atoms with Crippen molar-refractivity contribution in [2.45, 2.75) is 53.9 Å². The number of phosphoric ester groups is 1. The Hall–Kier alpha value is -2.97. The van der Waals surface area contributed by atoms with Crippen LogP contribution in [0.15, 0.2) is 23.8 Å². The summed E-state index contributed by atoms with van der Waals surface area (Å²) in [6.07, 6.45) is -0.252. The fourth-order valence-electron chi connectivity index (χ4n) is 7.19. The lowest BCUT2D eigenvalue weighted by molar-refractivity contribution is -0.0895. The van der Waals surface area contributed by atoms with Crippen molar-refractivity contribution >= 4 is 61.9 Å². The second-order valence-corrected chi connectivity index (χ2v) is 15.5. The maximum absolute atomic E-state index is 13.5. The van der Waals surface area contributed by atoms with Gasteiger partial charge in [-0.15, -0.1) is 11.8 Å². The van der Waals surface area contributed by atoms with Crippen LogP contribution in [0.5, 0.6) is 0 Å². The summed E-state index contributed by atoms with van der Waals surface area (Å²) in [5, 5.41) is 21.1. The van der Waals surface area contributed by atoms with Crippen LogP contribution in [0.3, 0.4) is 0 Å². The molecule has 20 nitrogen and oxygen atoms in total. The summed E-state index contributed by atoms with van der Waals surface area (Å²) in [6, 6.07) is -0.695. The van der Waals surface area contributed by atoms with Gasteiger partial charge in [0.15, 0.2) is 22.6 Å². The molecule has 4 fully saturated rings. The smallest absolute Gasteiger partial charge is 0.389 e. The lowest BCUT2D eigenvalue weighted by Crippen LogP contribution is -2.49. The second kappa shape index (κ2) is 10.8. The first-order chi connectivity index (χ1) is 22.0. The molecule has 3 unspecified atom stereocenters. The van der Waals surface area contributed by atoms with Crippen molar-refractivity contribution in [3.05, 3.63) is 29.3 Å². The van der Waals surface area contributed by atoms with E-state index in [-0.39, 0.29) is 29.5 Å². The van der Waals surface area contributed by atoms with Gasteiger partial charge in [-0.3, -0.25) is 28.0 Å². The maximum Gasteiger partial charge on any atom is 0.472 e. The first-order valence-corrected chi connectivity index (χ1v) is 17.8. The normalized spacial score (nSPS) is 39.7. The van der Waals surface area contributed by atoms with Crippen LogP contribution in [-0.4, -0.2) is 97.0 Å². The van der Waals surface area contributed by atoms with E-state index >= 15 is 0 Å². The fraction of sp³-hybridized carbons (Fsp3) is 0.565. The van der Waals surface area contributed by atoms with Gasteiger partial charge >= 0.3 is 16.1 Å². The number of phosphoric acid groups is 1. The molecule has 4 aromatic heterocycles. The zero-order valence-corrected chi connectivity index (χ0v) is 26.2. The number of aliphatic hydroxyl groups excluding tert-OH is 2. The molecular formula is C23H28N10O10P2S. The van der Waals surface area contributed by atoms with Crippen LogP contribution in [-0.2, 0) is 27.2 Å². The van der Waals surface area contributed by atoms with Gasteiger partial charge in [0, 0.05) is 5.41 Å². The Balaban J connectivity index is 1.14. The molecule has 2 saturated carbocycles. The molecule has 6 heterocycles. The predicted molar refractivity (Wildman–Crippen MR) is 159 cm³/mol. The Morgan fingerprint density at radius 3 is 2.67 bits per heavy atom. The molecule has 4 aromatic rings. The minimum absolute atomic E-state index is 0.0469. The number of thioether (sulfide) groups is 1. The molecule has 0 radical (unpaired) electrons. The van der Waals surface area contributed by atoms with E-state index in [0.717, 1.165) is 11.8 Å². The van der Waals surface area contributed by atoms with Crippen LogP contribution < -0.4 is 17.0 Å². The molecule has 0 amide bonds. The van der Waals surface area contributed by atoms with Crippen LogP contribution in [0.1, 0.15) is 24.3 Å². The molecule has 8 rings (SSSR count). The number of nitrogens with two attached hydrogens (primary N) is 2. The van der Waals surface area contributed by atoms with E-state index < -0.39 is 80.7 Å². The quantitative estimate of drug-likeness (QED) is 0.147. The van der Waals surface area contributed by atoms with Crippen molar-refractivity contribution in [2.24, 2.45) is 11.3 Å². The maximum atomic E-state index is 13.5. The Bertz CT molecular complexity index is 1990. The van der Waals surface area contributed by atoms with Crippen molar-refractivity contribution in [2.75, 3.05) is 24.7 Å². The first-order valence-electron chi connectivity index (χ1n) is 14.1. The molecule has 23 heteroatoms. The number of aromatic nitrogens is 8. The molecular weight excluding hydrogens is 670 g/mol. The molecule has 2 bridgehead atoms. The van der Waals surface area contributed by atoms with Gasteiger partial charge in [-0.05, 0) is 18.8 Å². The second-order valence-electron chi connectivity index (χ2n) is 11.7. The van der Waals surface area contributed by atoms with Crippen LogP contribution in [0.2, 0.25) is 0 Å². The number of aliphatic hydroxyl groups is 2. The number of anilines is 2. The van der Waals surface area contributed by atoms with Crippen LogP contribution in [0.25, 0.3) is 22.3 Å². The number of H-pyrrole nitrogens is 1. The van der Waals surface area contributed by atoms with Gasteiger partial charge < -0.3 is 40.2 Å². The van der Waals surface area contributed by atoms with Crippen LogP contribution in [0.4, 0.5) is 11.8 Å². The summed E-state index contributed by atoms with van der Waals surface area (Å²) in [6.45, 7) is -0.738. The average molecular weight is 699 g/mol. The molecule has 1 spiro atoms. The topological polar surface area (TPSA) is 291 Å². The van der Waals surface area contributed by atoms with Gasteiger partial charge in [0.2, 0.25) is 5.95 Å². The molecule has 2 aliphatic heterocycles. The van der Waals surface area contributed by atoms with E-state index in [0.29, 0.717) is 24.0 Å². The van der Waals surface area contributed by atoms with Crippen molar-refractivity contribution < 1.29 is 42.3 Å². The van der Waals surface area contributed by atoms with Gasteiger partial charge in [0.1, 0.15) is 35.5 Å². The molecule has 11 atom stereocenters. The fourth-order valence-corrected chi connectivity index (χ4v) is 10.9. The van der Waals surface area contributed by atoms with Crippen molar-refractivity contribution in [3.63, 3.8) is 0 Å². The summed E-state index contributed by atoms with van der Waals surface area (Å²) < 4.78 is 52.6. The number of nitrogen functional groups attached to an aromatic ring is 2. The number of nitrogens with zero attached hydrogens (tertiary/aromatic N) is 7. The molecule has 46 heavy (non-hydrogen) atoms. The average Bonchev–Trinajstić information content (AvgIpc) is 3.72. The summed E-state index contributed by atoms with van der Waals surface area (Å²) in [7, 11) is -8.22. The first kappa shape index (κ1) is 30.4. The zero-order chi connectivity index (χ0) is 32.1. The summed E-state index contributed by atoms with van der Waals surface area (Å²) >= 11 is 1.05. The SMILES string of the molecule is Nc1nc2c(ncn2[C@@H]2S[C@@H]3CO[PH](=O)O[C@H]4[C@@H](O)[C@H](n5cnc6c(N)ncnc65)[C@H]5CCC54COP(=O)(O)O[C@@H]2[C@@H]3O)c(=O)[nH]1. The third kappa shape index (κ3) is 4.56.